The van der Waals surface area contributed by atoms with Crippen LogP contribution in [0.1, 0.15) is 0 Å². The van der Waals surface area contributed by atoms with Crippen LogP contribution < -0.4 is 15.6 Å². The van der Waals surface area contributed by atoms with Crippen LogP contribution in [0.3, 0.4) is 0 Å². The molecule has 0 atom stereocenters. The predicted molar refractivity (Wildman–Crippen MR) is 115 cm³/mol. The van der Waals surface area contributed by atoms with Crippen molar-refractivity contribution < 1.29 is 14.3 Å². The second-order valence-corrected chi connectivity index (χ2v) is 7.81. The molecule has 0 aliphatic carbocycles. The number of hydrogen-bond acceptors (Lipinski definition) is 6. The number of imide groups is 1. The maximum absolute atomic E-state index is 13.3. The Balaban J connectivity index is 1.81. The molecule has 0 radical (unpaired) electrons. The summed E-state index contributed by atoms with van der Waals surface area (Å²) in [6.07, 6.45) is 0. The number of nitrogens with one attached hydrogen (secondary N) is 1. The van der Waals surface area contributed by atoms with Crippen LogP contribution in [0.4, 0.5) is 4.79 Å². The van der Waals surface area contributed by atoms with Crippen molar-refractivity contribution in [3.8, 4) is 11.4 Å². The Labute approximate surface area is 180 Å². The van der Waals surface area contributed by atoms with Gasteiger partial charge in [-0.05, 0) is 30.3 Å². The Bertz CT molecular complexity index is 1210. The lowest BCUT2D eigenvalue weighted by Gasteiger charge is -2.16. The number of benzene rings is 2. The van der Waals surface area contributed by atoms with Crippen molar-refractivity contribution in [2.24, 2.45) is 0 Å². The van der Waals surface area contributed by atoms with E-state index in [4.69, 9.17) is 16.3 Å². The van der Waals surface area contributed by atoms with Gasteiger partial charge in [0, 0.05) is 18.1 Å². The van der Waals surface area contributed by atoms with Crippen molar-refractivity contribution in [3.63, 3.8) is 0 Å². The normalized spacial score (nSPS) is 13.5. The van der Waals surface area contributed by atoms with Gasteiger partial charge in [-0.15, -0.1) is 0 Å². The number of methoxy groups -OCH3 is 1. The van der Waals surface area contributed by atoms with E-state index < -0.39 is 6.03 Å². The highest BCUT2D eigenvalue weighted by atomic mass is 35.5. The zero-order valence-electron chi connectivity index (χ0n) is 15.9. The monoisotopic (exact) mass is 444 g/mol. The molecular weight excluding hydrogens is 428 g/mol. The molecule has 1 aliphatic rings. The lowest BCUT2D eigenvalue weighted by molar-refractivity contribution is -0.124. The zero-order valence-corrected chi connectivity index (χ0v) is 17.5. The van der Waals surface area contributed by atoms with Gasteiger partial charge in [0.05, 0.1) is 29.5 Å². The number of fused-ring (bicyclic) bond motifs is 1. The standard InChI is InChI=1S/C20H17ClN4O4S/c1-29-16-5-3-2-4-15(16)25-18(27)13-7-6-12(21)10-14(13)23-20(25)30-11-17(26)24-9-8-22-19(24)28/h2-7,10H,8-9,11H2,1H3,(H,22,28). The third kappa shape index (κ3) is 3.73. The first-order valence-electron chi connectivity index (χ1n) is 9.06. The van der Waals surface area contributed by atoms with E-state index in [9.17, 15) is 14.4 Å². The molecule has 4 rings (SSSR count). The van der Waals surface area contributed by atoms with E-state index >= 15 is 0 Å². The smallest absolute Gasteiger partial charge is 0.324 e. The Morgan fingerprint density at radius 1 is 1.27 bits per heavy atom. The molecule has 1 N–H and O–H groups in total. The van der Waals surface area contributed by atoms with Crippen molar-refractivity contribution >= 4 is 46.2 Å². The lowest BCUT2D eigenvalue weighted by atomic mass is 10.2. The number of hydrogen-bond donors (Lipinski definition) is 1. The Morgan fingerprint density at radius 3 is 2.80 bits per heavy atom. The van der Waals surface area contributed by atoms with Crippen LogP contribution in [0.2, 0.25) is 5.02 Å². The van der Waals surface area contributed by atoms with Crippen molar-refractivity contribution in [3.05, 3.63) is 57.8 Å². The van der Waals surface area contributed by atoms with Gasteiger partial charge in [0.15, 0.2) is 5.16 Å². The lowest BCUT2D eigenvalue weighted by Crippen LogP contribution is -2.35. The molecule has 1 aliphatic heterocycles. The van der Waals surface area contributed by atoms with E-state index in [0.29, 0.717) is 45.6 Å². The summed E-state index contributed by atoms with van der Waals surface area (Å²) >= 11 is 7.15. The van der Waals surface area contributed by atoms with Crippen LogP contribution >= 0.6 is 23.4 Å². The number of ether oxygens (including phenoxy) is 1. The number of nitrogens with zero attached hydrogens (tertiary/aromatic N) is 3. The third-order valence-electron chi connectivity index (χ3n) is 4.61. The number of carbonyl (C=O) groups excluding carboxylic acids is 2. The minimum atomic E-state index is -0.416. The predicted octanol–water partition coefficient (Wildman–Crippen LogP) is 2.69. The molecule has 2 heterocycles. The Morgan fingerprint density at radius 2 is 2.07 bits per heavy atom. The number of amides is 3. The summed E-state index contributed by atoms with van der Waals surface area (Å²) in [5, 5.41) is 3.73. The molecule has 3 aromatic rings. The fourth-order valence-electron chi connectivity index (χ4n) is 3.18. The van der Waals surface area contributed by atoms with Gasteiger partial charge >= 0.3 is 6.03 Å². The van der Waals surface area contributed by atoms with Crippen LogP contribution in [-0.2, 0) is 4.79 Å². The van der Waals surface area contributed by atoms with Gasteiger partial charge in [-0.3, -0.25) is 19.1 Å². The Kier molecular flexibility index (Phi) is 5.65. The number of aromatic nitrogens is 2. The number of rotatable bonds is 5. The van der Waals surface area contributed by atoms with Gasteiger partial charge in [-0.25, -0.2) is 9.78 Å². The minimum absolute atomic E-state index is 0.0545. The van der Waals surface area contributed by atoms with Gasteiger partial charge in [-0.2, -0.15) is 0 Å². The van der Waals surface area contributed by atoms with Gasteiger partial charge in [0.25, 0.3) is 5.56 Å². The van der Waals surface area contributed by atoms with E-state index in [1.54, 1.807) is 42.5 Å². The van der Waals surface area contributed by atoms with Gasteiger partial charge in [0.2, 0.25) is 5.91 Å². The zero-order chi connectivity index (χ0) is 21.3. The van der Waals surface area contributed by atoms with Crippen molar-refractivity contribution in [1.29, 1.82) is 0 Å². The van der Waals surface area contributed by atoms with Gasteiger partial charge < -0.3 is 10.1 Å². The summed E-state index contributed by atoms with van der Waals surface area (Å²) in [6.45, 7) is 0.742. The molecule has 3 amide bonds. The van der Waals surface area contributed by atoms with Crippen molar-refractivity contribution in [2.45, 2.75) is 5.16 Å². The van der Waals surface area contributed by atoms with E-state index in [0.717, 1.165) is 16.7 Å². The molecule has 0 bridgehead atoms. The second kappa shape index (κ2) is 8.37. The number of urea groups is 1. The maximum Gasteiger partial charge on any atom is 0.324 e. The molecule has 10 heteroatoms. The fraction of sp³-hybridized carbons (Fsp3) is 0.200. The third-order valence-corrected chi connectivity index (χ3v) is 5.77. The number of carbonyl (C=O) groups is 2. The van der Waals surface area contributed by atoms with Crippen LogP contribution in [0.25, 0.3) is 16.6 Å². The molecular formula is C20H17ClN4O4S. The summed E-state index contributed by atoms with van der Waals surface area (Å²) in [6, 6.07) is 11.5. The van der Waals surface area contributed by atoms with Gasteiger partial charge in [-0.1, -0.05) is 35.5 Å². The average molecular weight is 445 g/mol. The summed E-state index contributed by atoms with van der Waals surface area (Å²) in [4.78, 5) is 43.3. The highest BCUT2D eigenvalue weighted by molar-refractivity contribution is 7.99. The van der Waals surface area contributed by atoms with E-state index in [1.807, 2.05) is 0 Å². The summed E-state index contributed by atoms with van der Waals surface area (Å²) in [5.74, 6) is 0.0741. The quantitative estimate of drug-likeness (QED) is 0.480. The largest absolute Gasteiger partial charge is 0.495 e. The van der Waals surface area contributed by atoms with Gasteiger partial charge in [0.1, 0.15) is 5.75 Å². The Hall–Kier alpha value is -3.04. The van der Waals surface area contributed by atoms with Crippen LogP contribution in [0.15, 0.2) is 52.4 Å². The molecule has 154 valence electrons. The molecule has 1 saturated heterocycles. The molecule has 8 nitrogen and oxygen atoms in total. The van der Waals surface area contributed by atoms with Crippen molar-refractivity contribution in [2.75, 3.05) is 26.0 Å². The summed E-state index contributed by atoms with van der Waals surface area (Å²) in [7, 11) is 1.51. The average Bonchev–Trinajstić information content (AvgIpc) is 3.18. The minimum Gasteiger partial charge on any atom is -0.495 e. The van der Waals surface area contributed by atoms with E-state index in [-0.39, 0.29) is 17.2 Å². The highest BCUT2D eigenvalue weighted by Crippen LogP contribution is 2.28. The first-order chi connectivity index (χ1) is 14.5. The molecule has 1 fully saturated rings. The molecule has 2 aromatic carbocycles. The second-order valence-electron chi connectivity index (χ2n) is 6.43. The topological polar surface area (TPSA) is 93.5 Å². The maximum atomic E-state index is 13.3. The van der Waals surface area contributed by atoms with E-state index in [2.05, 4.69) is 10.3 Å². The number of para-hydroxylation sites is 2. The van der Waals surface area contributed by atoms with Crippen LogP contribution in [-0.4, -0.2) is 52.3 Å². The van der Waals surface area contributed by atoms with Crippen LogP contribution in [0, 0.1) is 0 Å². The number of halogens is 1. The first kappa shape index (κ1) is 20.2. The highest BCUT2D eigenvalue weighted by Gasteiger charge is 2.27. The molecule has 0 saturated carbocycles. The summed E-state index contributed by atoms with van der Waals surface area (Å²) in [5.41, 5.74) is 0.616. The van der Waals surface area contributed by atoms with Crippen molar-refractivity contribution in [1.82, 2.24) is 19.8 Å². The molecule has 0 unspecified atom stereocenters. The van der Waals surface area contributed by atoms with Crippen LogP contribution in [0.5, 0.6) is 5.75 Å². The molecule has 1 aromatic heterocycles. The molecule has 30 heavy (non-hydrogen) atoms. The fourth-order valence-corrected chi connectivity index (χ4v) is 4.22. The first-order valence-corrected chi connectivity index (χ1v) is 10.4. The number of thioether (sulfide) groups is 1. The van der Waals surface area contributed by atoms with E-state index in [1.165, 1.54) is 11.7 Å². The SMILES string of the molecule is COc1ccccc1-n1c(SCC(=O)N2CCNC2=O)nc2cc(Cl)ccc2c1=O. The molecule has 0 spiro atoms. The summed E-state index contributed by atoms with van der Waals surface area (Å²) < 4.78 is 6.83.